The molecule has 0 spiro atoms. The summed E-state index contributed by atoms with van der Waals surface area (Å²) in [6.45, 7) is 21.2. The number of sulfonamides is 1. The largest absolute Gasteiger partial charge is 0.474 e. The zero-order chi connectivity index (χ0) is 28.2. The molecule has 0 bridgehead atoms. The Morgan fingerprint density at radius 2 is 1.81 bits per heavy atom. The number of esters is 1. The van der Waals surface area contributed by atoms with E-state index in [9.17, 15) is 13.2 Å². The standard InChI is InChI=1S/C27H48N2O6SSi/c1-20-16-17-23(36(31,32)29-18-13-15-22(29)25(30)35-26(3,4)5)24(28-20)34-21(2)14-11-12-19-33-37(9,10)27(6,7)8/h16-17,21-22H,11-15,18-19H2,1-10H3/t21-,22+/m1/s1. The van der Waals surface area contributed by atoms with E-state index in [-0.39, 0.29) is 28.5 Å². The molecule has 1 aliphatic rings. The molecule has 2 atom stereocenters. The van der Waals surface area contributed by atoms with E-state index in [1.54, 1.807) is 33.8 Å². The SMILES string of the molecule is Cc1ccc(S(=O)(=O)N2CCC[C@H]2C(=O)OC(C)(C)C)c(O[C@H](C)CCCCO[Si](C)(C)C(C)(C)C)n1. The van der Waals surface area contributed by atoms with Crippen molar-refractivity contribution in [3.05, 3.63) is 17.8 Å². The number of hydrogen-bond donors (Lipinski definition) is 0. The normalized spacial score (nSPS) is 18.6. The van der Waals surface area contributed by atoms with Crippen molar-refractivity contribution in [2.45, 2.75) is 128 Å². The van der Waals surface area contributed by atoms with Crippen molar-refractivity contribution >= 4 is 24.3 Å². The topological polar surface area (TPSA) is 95.0 Å². The molecular weight excluding hydrogens is 508 g/mol. The van der Waals surface area contributed by atoms with Gasteiger partial charge in [-0.05, 0) is 97.0 Å². The lowest BCUT2D eigenvalue weighted by Gasteiger charge is -2.36. The van der Waals surface area contributed by atoms with E-state index in [1.165, 1.54) is 10.4 Å². The van der Waals surface area contributed by atoms with Gasteiger partial charge >= 0.3 is 5.97 Å². The van der Waals surface area contributed by atoms with Crippen LogP contribution in [0.2, 0.25) is 18.1 Å². The highest BCUT2D eigenvalue weighted by atomic mass is 32.2. The molecule has 37 heavy (non-hydrogen) atoms. The first-order chi connectivity index (χ1) is 16.8. The van der Waals surface area contributed by atoms with Crippen molar-refractivity contribution in [2.24, 2.45) is 0 Å². The van der Waals surface area contributed by atoms with Gasteiger partial charge in [-0.1, -0.05) is 20.8 Å². The third kappa shape index (κ3) is 8.76. The fourth-order valence-corrected chi connectivity index (χ4v) is 6.68. The highest BCUT2D eigenvalue weighted by Gasteiger charge is 2.43. The summed E-state index contributed by atoms with van der Waals surface area (Å²) >= 11 is 0. The number of nitrogens with zero attached hydrogens (tertiary/aromatic N) is 2. The molecule has 0 saturated carbocycles. The minimum absolute atomic E-state index is 0.0123. The highest BCUT2D eigenvalue weighted by molar-refractivity contribution is 7.89. The first-order valence-electron chi connectivity index (χ1n) is 13.4. The van der Waals surface area contributed by atoms with Gasteiger partial charge in [0.1, 0.15) is 16.5 Å². The highest BCUT2D eigenvalue weighted by Crippen LogP contribution is 2.37. The summed E-state index contributed by atoms with van der Waals surface area (Å²) in [5.41, 5.74) is -0.0334. The van der Waals surface area contributed by atoms with Gasteiger partial charge in [-0.3, -0.25) is 4.79 Å². The molecule has 0 aliphatic carbocycles. The number of ether oxygens (including phenoxy) is 2. The molecule has 2 rings (SSSR count). The summed E-state index contributed by atoms with van der Waals surface area (Å²) < 4.78 is 46.5. The molecule has 8 nitrogen and oxygen atoms in total. The molecule has 1 fully saturated rings. The second kappa shape index (κ2) is 12.1. The van der Waals surface area contributed by atoms with Crippen LogP contribution in [0.3, 0.4) is 0 Å². The van der Waals surface area contributed by atoms with E-state index in [4.69, 9.17) is 13.9 Å². The van der Waals surface area contributed by atoms with Gasteiger partial charge in [-0.25, -0.2) is 13.4 Å². The van der Waals surface area contributed by atoms with Crippen molar-refractivity contribution in [2.75, 3.05) is 13.2 Å². The van der Waals surface area contributed by atoms with E-state index >= 15 is 0 Å². The smallest absolute Gasteiger partial charge is 0.324 e. The van der Waals surface area contributed by atoms with Crippen LogP contribution in [0.1, 0.15) is 86.3 Å². The fraction of sp³-hybridized carbons (Fsp3) is 0.778. The number of carbonyl (C=O) groups is 1. The van der Waals surface area contributed by atoms with Gasteiger partial charge in [0.2, 0.25) is 15.9 Å². The van der Waals surface area contributed by atoms with E-state index in [0.29, 0.717) is 25.1 Å². The van der Waals surface area contributed by atoms with E-state index in [2.05, 4.69) is 38.8 Å². The van der Waals surface area contributed by atoms with E-state index in [0.717, 1.165) is 19.3 Å². The molecule has 1 aliphatic heterocycles. The summed E-state index contributed by atoms with van der Waals surface area (Å²) in [5.74, 6) is -0.440. The number of rotatable bonds is 11. The fourth-order valence-electron chi connectivity index (χ4n) is 3.89. The van der Waals surface area contributed by atoms with Crippen molar-refractivity contribution < 1.29 is 27.1 Å². The van der Waals surface area contributed by atoms with Gasteiger partial charge in [0.05, 0.1) is 6.10 Å². The molecule has 0 amide bonds. The summed E-state index contributed by atoms with van der Waals surface area (Å²) in [6.07, 6.45) is 3.36. The Morgan fingerprint density at radius 1 is 1.16 bits per heavy atom. The van der Waals surface area contributed by atoms with Crippen LogP contribution >= 0.6 is 0 Å². The lowest BCUT2D eigenvalue weighted by molar-refractivity contribution is -0.158. The third-order valence-corrected chi connectivity index (χ3v) is 13.5. The van der Waals surface area contributed by atoms with Gasteiger partial charge < -0.3 is 13.9 Å². The molecular formula is C27H48N2O6SSi. The maximum atomic E-state index is 13.7. The maximum Gasteiger partial charge on any atom is 0.324 e. The van der Waals surface area contributed by atoms with Crippen LogP contribution in [0.25, 0.3) is 0 Å². The predicted octanol–water partition coefficient (Wildman–Crippen LogP) is 5.84. The van der Waals surface area contributed by atoms with Crippen LogP contribution in [0.5, 0.6) is 5.88 Å². The Kier molecular flexibility index (Phi) is 10.4. The zero-order valence-corrected chi connectivity index (χ0v) is 26.3. The molecule has 0 N–H and O–H groups in total. The van der Waals surface area contributed by atoms with Gasteiger partial charge in [0, 0.05) is 18.8 Å². The van der Waals surface area contributed by atoms with Crippen LogP contribution in [-0.4, -0.2) is 62.9 Å². The summed E-state index contributed by atoms with van der Waals surface area (Å²) in [6, 6.07) is 2.33. The minimum Gasteiger partial charge on any atom is -0.474 e. The van der Waals surface area contributed by atoms with Gasteiger partial charge in [-0.15, -0.1) is 0 Å². The van der Waals surface area contributed by atoms with Crippen LogP contribution in [0.4, 0.5) is 0 Å². The number of carbonyl (C=O) groups excluding carboxylic acids is 1. The molecule has 1 saturated heterocycles. The van der Waals surface area contributed by atoms with Crippen molar-refractivity contribution in [3.8, 4) is 5.88 Å². The number of aryl methyl sites for hydroxylation is 1. The van der Waals surface area contributed by atoms with Crippen LogP contribution in [0.15, 0.2) is 17.0 Å². The quantitative estimate of drug-likeness (QED) is 0.192. The van der Waals surface area contributed by atoms with Gasteiger partial charge in [0.15, 0.2) is 8.32 Å². The molecule has 0 unspecified atom stereocenters. The molecule has 2 heterocycles. The molecule has 10 heteroatoms. The Hall–Kier alpha value is -1.49. The maximum absolute atomic E-state index is 13.7. The second-order valence-electron chi connectivity index (χ2n) is 12.6. The number of aromatic nitrogens is 1. The average molecular weight is 557 g/mol. The van der Waals surface area contributed by atoms with E-state index in [1.807, 2.05) is 6.92 Å². The van der Waals surface area contributed by atoms with Crippen LogP contribution < -0.4 is 4.74 Å². The van der Waals surface area contributed by atoms with Crippen LogP contribution in [0, 0.1) is 6.92 Å². The number of pyridine rings is 1. The summed E-state index contributed by atoms with van der Waals surface area (Å²) in [7, 11) is -5.78. The summed E-state index contributed by atoms with van der Waals surface area (Å²) in [5, 5.41) is 0.181. The number of hydrogen-bond acceptors (Lipinski definition) is 7. The Morgan fingerprint density at radius 3 is 2.41 bits per heavy atom. The first-order valence-corrected chi connectivity index (χ1v) is 17.7. The number of unbranched alkanes of at least 4 members (excludes halogenated alkanes) is 1. The third-order valence-electron chi connectivity index (χ3n) is 7.02. The average Bonchev–Trinajstić information content (AvgIpc) is 3.22. The molecule has 0 radical (unpaired) electrons. The molecule has 1 aromatic heterocycles. The molecule has 212 valence electrons. The van der Waals surface area contributed by atoms with Gasteiger partial charge in [0.25, 0.3) is 0 Å². The summed E-state index contributed by atoms with van der Waals surface area (Å²) in [4.78, 5) is 17.2. The van der Waals surface area contributed by atoms with E-state index < -0.39 is 36.0 Å². The molecule has 0 aromatic carbocycles. The lowest BCUT2D eigenvalue weighted by Crippen LogP contribution is -2.43. The van der Waals surface area contributed by atoms with Gasteiger partial charge in [-0.2, -0.15) is 4.31 Å². The zero-order valence-electron chi connectivity index (χ0n) is 24.5. The second-order valence-corrected chi connectivity index (χ2v) is 19.3. The van der Waals surface area contributed by atoms with Crippen molar-refractivity contribution in [1.29, 1.82) is 0 Å². The lowest BCUT2D eigenvalue weighted by atomic mass is 10.2. The van der Waals surface area contributed by atoms with Crippen molar-refractivity contribution in [3.63, 3.8) is 0 Å². The minimum atomic E-state index is -4.01. The Bertz CT molecular complexity index is 1030. The predicted molar refractivity (Wildman–Crippen MR) is 149 cm³/mol. The monoisotopic (exact) mass is 556 g/mol. The first kappa shape index (κ1) is 31.7. The Balaban J connectivity index is 2.08. The van der Waals surface area contributed by atoms with Crippen LogP contribution in [-0.2, 0) is 24.0 Å². The molecule has 1 aromatic rings. The van der Waals surface area contributed by atoms with Crippen molar-refractivity contribution in [1.82, 2.24) is 9.29 Å². The Labute approximate surface area is 225 Å².